The second kappa shape index (κ2) is 6.45. The Bertz CT molecular complexity index is 531. The van der Waals surface area contributed by atoms with E-state index in [9.17, 15) is 5.11 Å². The number of aromatic hydroxyl groups is 1. The molecule has 0 aliphatic rings. The van der Waals surface area contributed by atoms with E-state index in [4.69, 9.17) is 16.3 Å². The number of anilines is 1. The SMILES string of the molecule is COCC(Nc1ccc(O)c(Cl)c1)c1ccccc1. The molecule has 0 spiro atoms. The first-order valence-electron chi connectivity index (χ1n) is 5.99. The van der Waals surface area contributed by atoms with Crippen LogP contribution >= 0.6 is 11.6 Å². The van der Waals surface area contributed by atoms with Gasteiger partial charge in [0.2, 0.25) is 0 Å². The van der Waals surface area contributed by atoms with Gasteiger partial charge in [0.05, 0.1) is 17.7 Å². The molecule has 4 heteroatoms. The lowest BCUT2D eigenvalue weighted by Crippen LogP contribution is -2.16. The van der Waals surface area contributed by atoms with Crippen molar-refractivity contribution in [3.8, 4) is 5.75 Å². The lowest BCUT2D eigenvalue weighted by atomic mass is 10.1. The monoisotopic (exact) mass is 277 g/mol. The normalized spacial score (nSPS) is 12.1. The molecule has 1 unspecified atom stereocenters. The van der Waals surface area contributed by atoms with Crippen LogP contribution in [0, 0.1) is 0 Å². The van der Waals surface area contributed by atoms with E-state index >= 15 is 0 Å². The summed E-state index contributed by atoms with van der Waals surface area (Å²) in [4.78, 5) is 0. The first-order chi connectivity index (χ1) is 9.20. The smallest absolute Gasteiger partial charge is 0.134 e. The van der Waals surface area contributed by atoms with Crippen LogP contribution in [0.4, 0.5) is 5.69 Å². The van der Waals surface area contributed by atoms with Crippen LogP contribution in [0.2, 0.25) is 5.02 Å². The fourth-order valence-corrected chi connectivity index (χ4v) is 2.05. The van der Waals surface area contributed by atoms with Crippen molar-refractivity contribution in [1.29, 1.82) is 0 Å². The molecule has 100 valence electrons. The highest BCUT2D eigenvalue weighted by molar-refractivity contribution is 6.32. The van der Waals surface area contributed by atoms with E-state index in [1.807, 2.05) is 30.3 Å². The second-order valence-electron chi connectivity index (χ2n) is 4.23. The van der Waals surface area contributed by atoms with Gasteiger partial charge < -0.3 is 15.2 Å². The van der Waals surface area contributed by atoms with E-state index in [0.29, 0.717) is 11.6 Å². The van der Waals surface area contributed by atoms with E-state index in [2.05, 4.69) is 5.32 Å². The molecule has 0 aliphatic carbocycles. The molecule has 0 heterocycles. The van der Waals surface area contributed by atoms with Crippen LogP contribution in [0.1, 0.15) is 11.6 Å². The van der Waals surface area contributed by atoms with Crippen molar-refractivity contribution in [3.63, 3.8) is 0 Å². The van der Waals surface area contributed by atoms with Crippen LogP contribution in [-0.4, -0.2) is 18.8 Å². The molecule has 0 saturated heterocycles. The number of nitrogens with one attached hydrogen (secondary N) is 1. The topological polar surface area (TPSA) is 41.5 Å². The van der Waals surface area contributed by atoms with Gasteiger partial charge >= 0.3 is 0 Å². The Morgan fingerprint density at radius 3 is 2.58 bits per heavy atom. The molecule has 0 amide bonds. The highest BCUT2D eigenvalue weighted by Gasteiger charge is 2.11. The van der Waals surface area contributed by atoms with Gasteiger partial charge in [-0.1, -0.05) is 41.9 Å². The molecule has 0 bridgehead atoms. The summed E-state index contributed by atoms with van der Waals surface area (Å²) in [6.45, 7) is 0.544. The molecular weight excluding hydrogens is 262 g/mol. The van der Waals surface area contributed by atoms with Crippen LogP contribution in [0.15, 0.2) is 48.5 Å². The summed E-state index contributed by atoms with van der Waals surface area (Å²) >= 11 is 5.90. The Labute approximate surface area is 117 Å². The van der Waals surface area contributed by atoms with Gasteiger partial charge in [0.15, 0.2) is 0 Å². The average Bonchev–Trinajstić information content (AvgIpc) is 2.43. The third-order valence-corrected chi connectivity index (χ3v) is 3.13. The zero-order valence-corrected chi connectivity index (χ0v) is 11.4. The summed E-state index contributed by atoms with van der Waals surface area (Å²) in [6, 6.07) is 15.1. The highest BCUT2D eigenvalue weighted by Crippen LogP contribution is 2.28. The number of ether oxygens (including phenoxy) is 1. The first kappa shape index (κ1) is 13.7. The van der Waals surface area contributed by atoms with Crippen LogP contribution in [0.5, 0.6) is 5.75 Å². The fourth-order valence-electron chi connectivity index (χ4n) is 1.87. The lowest BCUT2D eigenvalue weighted by Gasteiger charge is -2.20. The van der Waals surface area contributed by atoms with Gasteiger partial charge in [-0.3, -0.25) is 0 Å². The molecule has 2 rings (SSSR count). The van der Waals surface area contributed by atoms with Gasteiger partial charge in [0, 0.05) is 12.8 Å². The van der Waals surface area contributed by atoms with Crippen LogP contribution in [0.25, 0.3) is 0 Å². The molecule has 0 saturated carbocycles. The molecule has 2 N–H and O–H groups in total. The molecule has 2 aromatic carbocycles. The summed E-state index contributed by atoms with van der Waals surface area (Å²) in [5.41, 5.74) is 1.97. The van der Waals surface area contributed by atoms with Gasteiger partial charge in [-0.25, -0.2) is 0 Å². The van der Waals surface area contributed by atoms with E-state index in [-0.39, 0.29) is 11.8 Å². The lowest BCUT2D eigenvalue weighted by molar-refractivity contribution is 0.186. The van der Waals surface area contributed by atoms with Gasteiger partial charge in [-0.05, 0) is 23.8 Å². The van der Waals surface area contributed by atoms with E-state index in [1.165, 1.54) is 0 Å². The summed E-state index contributed by atoms with van der Waals surface area (Å²) < 4.78 is 5.24. The largest absolute Gasteiger partial charge is 0.506 e. The molecule has 3 nitrogen and oxygen atoms in total. The number of phenols is 1. The standard InChI is InChI=1S/C15H16ClNO2/c1-19-10-14(11-5-3-2-4-6-11)17-12-7-8-15(18)13(16)9-12/h2-9,14,17-18H,10H2,1H3. The molecule has 19 heavy (non-hydrogen) atoms. The van der Waals surface area contributed by atoms with Gasteiger partial charge in [-0.15, -0.1) is 0 Å². The van der Waals surface area contributed by atoms with Gasteiger partial charge in [0.25, 0.3) is 0 Å². The quantitative estimate of drug-likeness (QED) is 0.816. The number of hydrogen-bond acceptors (Lipinski definition) is 3. The van der Waals surface area contributed by atoms with Gasteiger partial charge in [-0.2, -0.15) is 0 Å². The first-order valence-corrected chi connectivity index (χ1v) is 6.37. The van der Waals surface area contributed by atoms with Crippen molar-refractivity contribution in [3.05, 3.63) is 59.1 Å². The Kier molecular flexibility index (Phi) is 4.66. The Morgan fingerprint density at radius 2 is 1.95 bits per heavy atom. The van der Waals surface area contributed by atoms with Crippen LogP contribution in [0.3, 0.4) is 0 Å². The minimum absolute atomic E-state index is 0.0341. The molecular formula is C15H16ClNO2. The van der Waals surface area contributed by atoms with Crippen molar-refractivity contribution < 1.29 is 9.84 Å². The Balaban J connectivity index is 2.19. The number of rotatable bonds is 5. The van der Waals surface area contributed by atoms with Crippen molar-refractivity contribution in [2.75, 3.05) is 19.0 Å². The highest BCUT2D eigenvalue weighted by atomic mass is 35.5. The molecule has 0 aromatic heterocycles. The average molecular weight is 278 g/mol. The van der Waals surface area contributed by atoms with Crippen molar-refractivity contribution >= 4 is 17.3 Å². The summed E-state index contributed by atoms with van der Waals surface area (Å²) in [7, 11) is 1.67. The Morgan fingerprint density at radius 1 is 1.21 bits per heavy atom. The maximum absolute atomic E-state index is 9.41. The number of halogens is 1. The fraction of sp³-hybridized carbons (Fsp3) is 0.200. The molecule has 1 atom stereocenters. The van der Waals surface area contributed by atoms with Crippen LogP contribution in [-0.2, 0) is 4.74 Å². The summed E-state index contributed by atoms with van der Waals surface area (Å²) in [5.74, 6) is 0.0789. The molecule has 0 radical (unpaired) electrons. The minimum atomic E-state index is 0.0341. The third kappa shape index (κ3) is 3.63. The zero-order chi connectivity index (χ0) is 13.7. The maximum Gasteiger partial charge on any atom is 0.134 e. The van der Waals surface area contributed by atoms with Crippen molar-refractivity contribution in [2.45, 2.75) is 6.04 Å². The number of benzene rings is 2. The summed E-state index contributed by atoms with van der Waals surface area (Å²) in [5, 5.41) is 13.1. The third-order valence-electron chi connectivity index (χ3n) is 2.82. The molecule has 0 aliphatic heterocycles. The Hall–Kier alpha value is -1.71. The van der Waals surface area contributed by atoms with Crippen molar-refractivity contribution in [2.24, 2.45) is 0 Å². The predicted octanol–water partition coefficient (Wildman–Crippen LogP) is 3.85. The van der Waals surface area contributed by atoms with Crippen molar-refractivity contribution in [1.82, 2.24) is 0 Å². The molecule has 0 fully saturated rings. The minimum Gasteiger partial charge on any atom is -0.506 e. The maximum atomic E-state index is 9.41. The van der Waals surface area contributed by atoms with E-state index in [0.717, 1.165) is 11.3 Å². The number of phenolic OH excluding ortho intramolecular Hbond substituents is 1. The number of hydrogen-bond donors (Lipinski definition) is 2. The second-order valence-corrected chi connectivity index (χ2v) is 4.64. The molecule has 2 aromatic rings. The predicted molar refractivity (Wildman–Crippen MR) is 77.8 cm³/mol. The van der Waals surface area contributed by atoms with Crippen LogP contribution < -0.4 is 5.32 Å². The van der Waals surface area contributed by atoms with E-state index < -0.39 is 0 Å². The zero-order valence-electron chi connectivity index (χ0n) is 10.6. The van der Waals surface area contributed by atoms with Gasteiger partial charge in [0.1, 0.15) is 5.75 Å². The summed E-state index contributed by atoms with van der Waals surface area (Å²) in [6.07, 6.45) is 0. The van der Waals surface area contributed by atoms with E-state index in [1.54, 1.807) is 25.3 Å². The number of methoxy groups -OCH3 is 1.